The van der Waals surface area contributed by atoms with Crippen molar-refractivity contribution in [3.63, 3.8) is 0 Å². The van der Waals surface area contributed by atoms with E-state index in [9.17, 15) is 0 Å². The molecule has 0 aliphatic heterocycles. The Kier molecular flexibility index (Phi) is 8.97. The van der Waals surface area contributed by atoms with Crippen molar-refractivity contribution in [3.05, 3.63) is 70.4 Å². The molecule has 0 saturated carbocycles. The maximum absolute atomic E-state index is 2.42. The molecule has 0 amide bonds. The molecule has 0 spiro atoms. The fraction of sp³-hybridized carbons (Fsp3) is 0.520. The van der Waals surface area contributed by atoms with Crippen molar-refractivity contribution in [2.24, 2.45) is 5.41 Å². The van der Waals surface area contributed by atoms with E-state index in [4.69, 9.17) is 0 Å². The van der Waals surface area contributed by atoms with E-state index in [0.29, 0.717) is 5.41 Å². The number of rotatable bonds is 7. The highest BCUT2D eigenvalue weighted by molar-refractivity contribution is 5.28. The third kappa shape index (κ3) is 8.38. The van der Waals surface area contributed by atoms with E-state index in [2.05, 4.69) is 91.0 Å². The van der Waals surface area contributed by atoms with Crippen molar-refractivity contribution in [1.82, 2.24) is 0 Å². The van der Waals surface area contributed by atoms with E-state index >= 15 is 0 Å². The number of allylic oxidation sites excluding steroid dienone is 12. The fourth-order valence-corrected chi connectivity index (χ4v) is 3.51. The van der Waals surface area contributed by atoms with Crippen LogP contribution in [0.1, 0.15) is 80.6 Å². The van der Waals surface area contributed by atoms with Gasteiger partial charge in [0.25, 0.3) is 0 Å². The van der Waals surface area contributed by atoms with E-state index < -0.39 is 0 Å². The quantitative estimate of drug-likeness (QED) is 0.323. The maximum Gasteiger partial charge on any atom is -0.0142 e. The summed E-state index contributed by atoms with van der Waals surface area (Å²) in [7, 11) is 0. The van der Waals surface area contributed by atoms with Crippen LogP contribution >= 0.6 is 0 Å². The summed E-state index contributed by atoms with van der Waals surface area (Å²) in [5.41, 5.74) is 7.80. The molecule has 0 atom stereocenters. The zero-order chi connectivity index (χ0) is 18.9. The van der Waals surface area contributed by atoms with E-state index in [1.807, 2.05) is 0 Å². The SMILES string of the molecule is CC(C)=C/C=C/C=C(C)/C=C/C=C(\C)CCC1=C(C)CCCC1(C)C. The minimum atomic E-state index is 0.398. The molecule has 0 nitrogen and oxygen atoms in total. The molecule has 0 heterocycles. The van der Waals surface area contributed by atoms with Gasteiger partial charge in [0, 0.05) is 0 Å². The van der Waals surface area contributed by atoms with Crippen molar-refractivity contribution >= 4 is 0 Å². The lowest BCUT2D eigenvalue weighted by Crippen LogP contribution is -2.20. The van der Waals surface area contributed by atoms with Crippen LogP contribution in [0.25, 0.3) is 0 Å². The summed E-state index contributed by atoms with van der Waals surface area (Å²) in [6.45, 7) is 15.8. The third-order valence-corrected chi connectivity index (χ3v) is 5.09. The Labute approximate surface area is 156 Å². The van der Waals surface area contributed by atoms with Gasteiger partial charge in [-0.3, -0.25) is 0 Å². The Hall–Kier alpha value is -1.56. The molecule has 1 aliphatic rings. The summed E-state index contributed by atoms with van der Waals surface area (Å²) >= 11 is 0. The lowest BCUT2D eigenvalue weighted by Gasteiger charge is -2.34. The second kappa shape index (κ2) is 10.4. The molecule has 0 aromatic heterocycles. The molecular formula is C25H38. The van der Waals surface area contributed by atoms with Crippen molar-refractivity contribution < 1.29 is 0 Å². The molecule has 0 fully saturated rings. The van der Waals surface area contributed by atoms with Crippen LogP contribution in [0.5, 0.6) is 0 Å². The largest absolute Gasteiger partial charge is 0.0764 e. The molecule has 25 heavy (non-hydrogen) atoms. The molecule has 0 radical (unpaired) electrons. The molecule has 0 bridgehead atoms. The van der Waals surface area contributed by atoms with Crippen LogP contribution in [0.4, 0.5) is 0 Å². The molecule has 0 aromatic rings. The number of hydrogen-bond acceptors (Lipinski definition) is 0. The van der Waals surface area contributed by atoms with Crippen LogP contribution in [0.15, 0.2) is 70.4 Å². The smallest absolute Gasteiger partial charge is 0.0142 e. The average Bonchev–Trinajstić information content (AvgIpc) is 2.50. The molecule has 0 heteroatoms. The van der Waals surface area contributed by atoms with Gasteiger partial charge in [0.1, 0.15) is 0 Å². The Morgan fingerprint density at radius 2 is 1.64 bits per heavy atom. The first-order chi connectivity index (χ1) is 11.7. The average molecular weight is 339 g/mol. The predicted octanol–water partition coefficient (Wildman–Crippen LogP) is 8.26. The van der Waals surface area contributed by atoms with Gasteiger partial charge in [-0.05, 0) is 72.1 Å². The van der Waals surface area contributed by atoms with Crippen molar-refractivity contribution in [1.29, 1.82) is 0 Å². The van der Waals surface area contributed by atoms with Gasteiger partial charge in [0.15, 0.2) is 0 Å². The van der Waals surface area contributed by atoms with Gasteiger partial charge >= 0.3 is 0 Å². The molecule has 0 N–H and O–H groups in total. The van der Waals surface area contributed by atoms with Gasteiger partial charge in [-0.2, -0.15) is 0 Å². The van der Waals surface area contributed by atoms with Crippen molar-refractivity contribution in [3.8, 4) is 0 Å². The Bertz CT molecular complexity index is 608. The summed E-state index contributed by atoms with van der Waals surface area (Å²) in [6.07, 6.45) is 21.5. The normalized spacial score (nSPS) is 19.2. The van der Waals surface area contributed by atoms with E-state index in [1.54, 1.807) is 11.1 Å². The first-order valence-corrected chi connectivity index (χ1v) is 9.74. The van der Waals surface area contributed by atoms with Crippen LogP contribution in [0.2, 0.25) is 0 Å². The zero-order valence-corrected chi connectivity index (χ0v) is 17.6. The molecule has 0 aromatic carbocycles. The highest BCUT2D eigenvalue weighted by Crippen LogP contribution is 2.42. The fourth-order valence-electron chi connectivity index (χ4n) is 3.51. The first-order valence-electron chi connectivity index (χ1n) is 9.74. The third-order valence-electron chi connectivity index (χ3n) is 5.09. The van der Waals surface area contributed by atoms with Gasteiger partial charge in [0.05, 0.1) is 0 Å². The van der Waals surface area contributed by atoms with Gasteiger partial charge in [0.2, 0.25) is 0 Å². The molecule has 0 saturated heterocycles. The second-order valence-electron chi connectivity index (χ2n) is 8.41. The summed E-state index contributed by atoms with van der Waals surface area (Å²) in [5, 5.41) is 0. The summed E-state index contributed by atoms with van der Waals surface area (Å²) in [6, 6.07) is 0. The van der Waals surface area contributed by atoms with Crippen molar-refractivity contribution in [2.75, 3.05) is 0 Å². The van der Waals surface area contributed by atoms with E-state index in [0.717, 1.165) is 0 Å². The highest BCUT2D eigenvalue weighted by Gasteiger charge is 2.27. The van der Waals surface area contributed by atoms with Crippen LogP contribution in [0.3, 0.4) is 0 Å². The summed E-state index contributed by atoms with van der Waals surface area (Å²) in [5.74, 6) is 0. The van der Waals surface area contributed by atoms with E-state index in [-0.39, 0.29) is 0 Å². The van der Waals surface area contributed by atoms with Crippen LogP contribution < -0.4 is 0 Å². The predicted molar refractivity (Wildman–Crippen MR) is 115 cm³/mol. The molecule has 1 rings (SSSR count). The van der Waals surface area contributed by atoms with Gasteiger partial charge in [-0.15, -0.1) is 0 Å². The van der Waals surface area contributed by atoms with Crippen molar-refractivity contribution in [2.45, 2.75) is 80.6 Å². The first kappa shape index (κ1) is 21.5. The minimum Gasteiger partial charge on any atom is -0.0764 e. The zero-order valence-electron chi connectivity index (χ0n) is 17.6. The molecule has 1 aliphatic carbocycles. The van der Waals surface area contributed by atoms with Crippen LogP contribution in [0, 0.1) is 5.41 Å². The van der Waals surface area contributed by atoms with Crippen LogP contribution in [-0.2, 0) is 0 Å². The molecule has 0 unspecified atom stereocenters. The highest BCUT2D eigenvalue weighted by atomic mass is 14.3. The topological polar surface area (TPSA) is 0 Å². The minimum absolute atomic E-state index is 0.398. The lowest BCUT2D eigenvalue weighted by atomic mass is 9.71. The second-order valence-corrected chi connectivity index (χ2v) is 8.41. The summed E-state index contributed by atoms with van der Waals surface area (Å²) in [4.78, 5) is 0. The standard InChI is InChI=1S/C25H38/c1-20(2)12-8-9-13-21(3)14-10-15-22(4)17-18-24-23(5)16-11-19-25(24,6)7/h8-10,12-15H,11,16-19H2,1-7H3/b9-8+,14-10+,21-13+,22-15+. The van der Waals surface area contributed by atoms with Crippen LogP contribution in [-0.4, -0.2) is 0 Å². The summed E-state index contributed by atoms with van der Waals surface area (Å²) < 4.78 is 0. The Morgan fingerprint density at radius 1 is 0.960 bits per heavy atom. The van der Waals surface area contributed by atoms with Gasteiger partial charge in [-0.25, -0.2) is 0 Å². The van der Waals surface area contributed by atoms with E-state index in [1.165, 1.54) is 48.8 Å². The Morgan fingerprint density at radius 3 is 2.28 bits per heavy atom. The maximum atomic E-state index is 2.42. The van der Waals surface area contributed by atoms with Gasteiger partial charge in [-0.1, -0.05) is 84.2 Å². The molecular weight excluding hydrogens is 300 g/mol. The number of hydrogen-bond donors (Lipinski definition) is 0. The Balaban J connectivity index is 2.57. The van der Waals surface area contributed by atoms with Gasteiger partial charge < -0.3 is 0 Å². The monoisotopic (exact) mass is 338 g/mol. The lowest BCUT2D eigenvalue weighted by molar-refractivity contribution is 0.354. The molecule has 138 valence electrons.